The molecule has 4 rings (SSSR count). The van der Waals surface area contributed by atoms with Crippen molar-refractivity contribution in [3.63, 3.8) is 0 Å². The van der Waals surface area contributed by atoms with Crippen LogP contribution in [-0.2, 0) is 4.79 Å². The molecule has 1 aliphatic carbocycles. The van der Waals surface area contributed by atoms with Gasteiger partial charge in [0.15, 0.2) is 0 Å². The minimum Gasteiger partial charge on any atom is -0.358 e. The topological polar surface area (TPSA) is 29.1 Å². The predicted molar refractivity (Wildman–Crippen MR) is 95.7 cm³/mol. The Hall–Kier alpha value is -2.00. The molecule has 1 N–H and O–H groups in total. The Kier molecular flexibility index (Phi) is 3.74. The van der Waals surface area contributed by atoms with Gasteiger partial charge in [0.2, 0.25) is 0 Å². The molecule has 116 valence electrons. The van der Waals surface area contributed by atoms with Gasteiger partial charge in [-0.05, 0) is 31.0 Å². The van der Waals surface area contributed by atoms with Crippen molar-refractivity contribution in [2.75, 3.05) is 5.32 Å². The molecule has 2 aromatic carbocycles. The molecule has 0 amide bonds. The van der Waals surface area contributed by atoms with Crippen molar-refractivity contribution in [3.8, 4) is 0 Å². The van der Waals surface area contributed by atoms with Crippen LogP contribution in [0.1, 0.15) is 29.2 Å². The van der Waals surface area contributed by atoms with Gasteiger partial charge in [0.05, 0.1) is 11.6 Å². The summed E-state index contributed by atoms with van der Waals surface area (Å²) in [5.74, 6) is 0.268. The molecule has 0 spiro atoms. The quantitative estimate of drug-likeness (QED) is 0.790. The third kappa shape index (κ3) is 2.70. The average Bonchev–Trinajstić information content (AvgIpc) is 2.73. The minimum absolute atomic E-state index is 0.0798. The van der Waals surface area contributed by atoms with Gasteiger partial charge in [0.1, 0.15) is 5.78 Å². The molecule has 1 aliphatic heterocycles. The first-order valence-electron chi connectivity index (χ1n) is 8.04. The average molecular weight is 321 g/mol. The number of anilines is 1. The van der Waals surface area contributed by atoms with Crippen LogP contribution in [0.25, 0.3) is 0 Å². The molecule has 0 fully saturated rings. The molecule has 0 radical (unpaired) electrons. The largest absolute Gasteiger partial charge is 0.358 e. The van der Waals surface area contributed by atoms with Gasteiger partial charge < -0.3 is 5.32 Å². The van der Waals surface area contributed by atoms with Crippen molar-refractivity contribution in [2.45, 2.75) is 29.9 Å². The van der Waals surface area contributed by atoms with E-state index in [-0.39, 0.29) is 11.2 Å². The highest BCUT2D eigenvalue weighted by molar-refractivity contribution is 7.99. The predicted octanol–water partition coefficient (Wildman–Crippen LogP) is 5.12. The molecular weight excluding hydrogens is 302 g/mol. The SMILES string of the molecule is Cc1ccc([C@H]2Sc3ccccc3NC3=CCCC(=O)[C@@H]32)cc1. The van der Waals surface area contributed by atoms with E-state index >= 15 is 0 Å². The zero-order chi connectivity index (χ0) is 15.8. The monoisotopic (exact) mass is 321 g/mol. The highest BCUT2D eigenvalue weighted by Crippen LogP contribution is 2.50. The molecule has 0 saturated carbocycles. The van der Waals surface area contributed by atoms with Crippen LogP contribution in [0.15, 0.2) is 65.2 Å². The lowest BCUT2D eigenvalue weighted by Gasteiger charge is -2.28. The first-order chi connectivity index (χ1) is 11.2. The number of fused-ring (bicyclic) bond motifs is 2. The molecule has 2 atom stereocenters. The van der Waals surface area contributed by atoms with Crippen molar-refractivity contribution in [3.05, 3.63) is 71.4 Å². The van der Waals surface area contributed by atoms with Crippen LogP contribution in [0.3, 0.4) is 0 Å². The maximum Gasteiger partial charge on any atom is 0.143 e. The van der Waals surface area contributed by atoms with Gasteiger partial charge >= 0.3 is 0 Å². The number of carbonyl (C=O) groups is 1. The van der Waals surface area contributed by atoms with Gasteiger partial charge in [-0.3, -0.25) is 4.79 Å². The summed E-state index contributed by atoms with van der Waals surface area (Å²) >= 11 is 1.80. The van der Waals surface area contributed by atoms with E-state index in [1.54, 1.807) is 11.8 Å². The van der Waals surface area contributed by atoms with Crippen LogP contribution in [0.5, 0.6) is 0 Å². The molecule has 2 aliphatic rings. The van der Waals surface area contributed by atoms with E-state index < -0.39 is 0 Å². The van der Waals surface area contributed by atoms with Crippen molar-refractivity contribution in [1.82, 2.24) is 0 Å². The number of rotatable bonds is 1. The summed E-state index contributed by atoms with van der Waals surface area (Å²) in [6, 6.07) is 16.9. The Balaban J connectivity index is 1.84. The van der Waals surface area contributed by atoms with Gasteiger partial charge in [-0.25, -0.2) is 0 Å². The molecule has 3 heteroatoms. The Morgan fingerprint density at radius 1 is 1.09 bits per heavy atom. The van der Waals surface area contributed by atoms with E-state index in [1.807, 2.05) is 6.07 Å². The van der Waals surface area contributed by atoms with Gasteiger partial charge in [-0.15, -0.1) is 11.8 Å². The highest BCUT2D eigenvalue weighted by atomic mass is 32.2. The second kappa shape index (κ2) is 5.89. The number of aryl methyl sites for hydroxylation is 1. The normalized spacial score (nSPS) is 23.2. The van der Waals surface area contributed by atoms with Gasteiger partial charge in [-0.2, -0.15) is 0 Å². The second-order valence-electron chi connectivity index (χ2n) is 6.21. The molecule has 0 saturated heterocycles. The second-order valence-corrected chi connectivity index (χ2v) is 7.40. The van der Waals surface area contributed by atoms with Crippen LogP contribution in [0.2, 0.25) is 0 Å². The third-order valence-corrected chi connectivity index (χ3v) is 5.97. The number of carbonyl (C=O) groups excluding carboxylic acids is 1. The zero-order valence-corrected chi connectivity index (χ0v) is 13.9. The molecule has 0 bridgehead atoms. The lowest BCUT2D eigenvalue weighted by Crippen LogP contribution is -2.27. The van der Waals surface area contributed by atoms with Crippen LogP contribution < -0.4 is 5.32 Å². The number of ketones is 1. The van der Waals surface area contributed by atoms with Crippen molar-refractivity contribution >= 4 is 23.2 Å². The van der Waals surface area contributed by atoms with Gasteiger partial charge in [-0.1, -0.05) is 48.0 Å². The number of thioether (sulfide) groups is 1. The molecule has 23 heavy (non-hydrogen) atoms. The Morgan fingerprint density at radius 3 is 2.70 bits per heavy atom. The van der Waals surface area contributed by atoms with E-state index in [1.165, 1.54) is 16.0 Å². The number of benzene rings is 2. The minimum atomic E-state index is -0.0798. The number of para-hydroxylation sites is 1. The number of hydrogen-bond acceptors (Lipinski definition) is 3. The fourth-order valence-corrected chi connectivity index (χ4v) is 4.74. The Morgan fingerprint density at radius 2 is 1.87 bits per heavy atom. The Bertz CT molecular complexity index is 778. The molecule has 2 nitrogen and oxygen atoms in total. The van der Waals surface area contributed by atoms with Crippen molar-refractivity contribution in [1.29, 1.82) is 0 Å². The third-order valence-electron chi connectivity index (χ3n) is 4.57. The molecular formula is C20H19NOS. The van der Waals surface area contributed by atoms with Crippen LogP contribution in [-0.4, -0.2) is 5.78 Å². The maximum atomic E-state index is 12.7. The summed E-state index contributed by atoms with van der Waals surface area (Å²) in [6.45, 7) is 2.10. The van der Waals surface area contributed by atoms with Crippen LogP contribution >= 0.6 is 11.8 Å². The first kappa shape index (κ1) is 14.6. The first-order valence-corrected chi connectivity index (χ1v) is 8.92. The van der Waals surface area contributed by atoms with E-state index in [2.05, 4.69) is 60.8 Å². The van der Waals surface area contributed by atoms with Gasteiger partial charge in [0, 0.05) is 22.3 Å². The van der Waals surface area contributed by atoms with E-state index in [0.29, 0.717) is 12.2 Å². The lowest BCUT2D eigenvalue weighted by molar-refractivity contribution is -0.122. The Labute approximate surface area is 141 Å². The summed E-state index contributed by atoms with van der Waals surface area (Å²) in [7, 11) is 0. The zero-order valence-electron chi connectivity index (χ0n) is 13.1. The maximum absolute atomic E-state index is 12.7. The number of allylic oxidation sites excluding steroid dienone is 2. The molecule has 0 unspecified atom stereocenters. The van der Waals surface area contributed by atoms with Gasteiger partial charge in [0.25, 0.3) is 0 Å². The lowest BCUT2D eigenvalue weighted by atomic mass is 9.85. The fraction of sp³-hybridized carbons (Fsp3) is 0.250. The van der Waals surface area contributed by atoms with Crippen molar-refractivity contribution < 1.29 is 4.79 Å². The number of nitrogens with one attached hydrogen (secondary N) is 1. The summed E-state index contributed by atoms with van der Waals surface area (Å²) in [4.78, 5) is 13.9. The summed E-state index contributed by atoms with van der Waals surface area (Å²) in [5, 5.41) is 3.65. The van der Waals surface area contributed by atoms with Crippen molar-refractivity contribution in [2.24, 2.45) is 5.92 Å². The fourth-order valence-electron chi connectivity index (χ4n) is 3.34. The molecule has 0 aromatic heterocycles. The highest BCUT2D eigenvalue weighted by Gasteiger charge is 2.37. The standard InChI is InChI=1S/C20H19NOS/c1-13-9-11-14(12-10-13)20-19-16(6-4-7-17(19)22)21-15-5-2-3-8-18(15)23-20/h2-3,5-6,8-12,19-21H,4,7H2,1H3/t19-,20-/m1/s1. The van der Waals surface area contributed by atoms with Crippen LogP contribution in [0.4, 0.5) is 5.69 Å². The van der Waals surface area contributed by atoms with E-state index in [4.69, 9.17) is 0 Å². The van der Waals surface area contributed by atoms with E-state index in [9.17, 15) is 4.79 Å². The summed E-state index contributed by atoms with van der Waals surface area (Å²) in [6.07, 6.45) is 3.69. The summed E-state index contributed by atoms with van der Waals surface area (Å²) in [5.41, 5.74) is 4.66. The summed E-state index contributed by atoms with van der Waals surface area (Å²) < 4.78 is 0. The number of hydrogen-bond donors (Lipinski definition) is 1. The molecule has 1 heterocycles. The molecule has 2 aromatic rings. The smallest absolute Gasteiger partial charge is 0.143 e. The van der Waals surface area contributed by atoms with E-state index in [0.717, 1.165) is 17.8 Å². The number of Topliss-reactive ketones (excluding diaryl/α,β-unsaturated/α-hetero) is 1. The van der Waals surface area contributed by atoms with Crippen LogP contribution in [0, 0.1) is 12.8 Å².